The fourth-order valence-corrected chi connectivity index (χ4v) is 3.07. The number of amides is 1. The molecule has 0 aliphatic heterocycles. The van der Waals surface area contributed by atoms with Gasteiger partial charge in [-0.05, 0) is 42.7 Å². The number of nitrogens with zero attached hydrogens (tertiary/aromatic N) is 1. The normalized spacial score (nSPS) is 10.7. The first-order valence-corrected chi connectivity index (χ1v) is 10.0. The van der Waals surface area contributed by atoms with Crippen molar-refractivity contribution >= 4 is 51.8 Å². The number of aliphatic imine (C=N–C) groups is 1. The second-order valence-corrected chi connectivity index (χ2v) is 7.02. The predicted molar refractivity (Wildman–Crippen MR) is 133 cm³/mol. The molecule has 0 saturated heterocycles. The first-order valence-electron chi connectivity index (χ1n) is 9.24. The van der Waals surface area contributed by atoms with E-state index in [2.05, 4.69) is 42.9 Å². The Kier molecular flexibility index (Phi) is 12.4. The summed E-state index contributed by atoms with van der Waals surface area (Å²) in [6.07, 6.45) is 1.64. The highest BCUT2D eigenvalue weighted by molar-refractivity contribution is 14.0. The fourth-order valence-electron chi connectivity index (χ4n) is 2.67. The molecule has 3 N–H and O–H groups in total. The highest BCUT2D eigenvalue weighted by Crippen LogP contribution is 2.17. The molecule has 8 heteroatoms. The van der Waals surface area contributed by atoms with Crippen molar-refractivity contribution in [1.82, 2.24) is 16.0 Å². The van der Waals surface area contributed by atoms with Gasteiger partial charge in [0.25, 0.3) is 5.91 Å². The minimum absolute atomic E-state index is 0. The van der Waals surface area contributed by atoms with E-state index in [4.69, 9.17) is 4.74 Å². The molecule has 29 heavy (non-hydrogen) atoms. The average Bonchev–Trinajstić information content (AvgIpc) is 2.72. The van der Waals surface area contributed by atoms with Gasteiger partial charge in [0.2, 0.25) is 0 Å². The molecule has 0 unspecified atom stereocenters. The Bertz CT molecular complexity index is 802. The van der Waals surface area contributed by atoms with E-state index in [1.807, 2.05) is 30.3 Å². The number of methoxy groups -OCH3 is 1. The lowest BCUT2D eigenvalue weighted by molar-refractivity contribution is 0.0953. The van der Waals surface area contributed by atoms with Crippen LogP contribution in [0.25, 0.3) is 0 Å². The summed E-state index contributed by atoms with van der Waals surface area (Å²) in [5, 5.41) is 9.47. The summed E-state index contributed by atoms with van der Waals surface area (Å²) in [7, 11) is 3.43. The van der Waals surface area contributed by atoms with Gasteiger partial charge in [-0.3, -0.25) is 9.79 Å². The van der Waals surface area contributed by atoms with Gasteiger partial charge in [-0.25, -0.2) is 0 Å². The van der Waals surface area contributed by atoms with Crippen LogP contribution in [0, 0.1) is 0 Å². The van der Waals surface area contributed by atoms with Crippen LogP contribution >= 0.6 is 39.9 Å². The zero-order valence-electron chi connectivity index (χ0n) is 16.7. The highest BCUT2D eigenvalue weighted by Gasteiger charge is 2.05. The quantitative estimate of drug-likeness (QED) is 0.185. The van der Waals surface area contributed by atoms with E-state index in [0.29, 0.717) is 18.7 Å². The van der Waals surface area contributed by atoms with Crippen molar-refractivity contribution in [3.63, 3.8) is 0 Å². The molecule has 2 aromatic carbocycles. The third kappa shape index (κ3) is 9.03. The van der Waals surface area contributed by atoms with Crippen LogP contribution in [0.5, 0.6) is 5.75 Å². The largest absolute Gasteiger partial charge is 0.496 e. The van der Waals surface area contributed by atoms with Crippen LogP contribution in [0.4, 0.5) is 0 Å². The number of benzene rings is 2. The van der Waals surface area contributed by atoms with Crippen molar-refractivity contribution in [2.75, 3.05) is 33.8 Å². The van der Waals surface area contributed by atoms with Crippen LogP contribution < -0.4 is 20.7 Å². The summed E-state index contributed by atoms with van der Waals surface area (Å²) in [6.45, 7) is 2.06. The molecule has 0 aromatic heterocycles. The van der Waals surface area contributed by atoms with E-state index in [0.717, 1.165) is 41.1 Å². The zero-order valence-corrected chi connectivity index (χ0v) is 20.6. The van der Waals surface area contributed by atoms with Gasteiger partial charge in [0.15, 0.2) is 5.96 Å². The molecular formula is C21H28BrIN4O2. The number of rotatable bonds is 9. The summed E-state index contributed by atoms with van der Waals surface area (Å²) < 4.78 is 6.26. The molecule has 158 valence electrons. The summed E-state index contributed by atoms with van der Waals surface area (Å²) in [5.41, 5.74) is 1.80. The van der Waals surface area contributed by atoms with Crippen LogP contribution in [0.3, 0.4) is 0 Å². The third-order valence-corrected chi connectivity index (χ3v) is 4.61. The second-order valence-electron chi connectivity index (χ2n) is 6.11. The van der Waals surface area contributed by atoms with Crippen molar-refractivity contribution in [1.29, 1.82) is 0 Å². The van der Waals surface area contributed by atoms with E-state index >= 15 is 0 Å². The van der Waals surface area contributed by atoms with Crippen LogP contribution in [-0.4, -0.2) is 45.7 Å². The number of ether oxygens (including phenoxy) is 1. The molecule has 2 aromatic rings. The van der Waals surface area contributed by atoms with Crippen molar-refractivity contribution in [2.45, 2.75) is 12.8 Å². The van der Waals surface area contributed by atoms with E-state index in [1.54, 1.807) is 26.3 Å². The van der Waals surface area contributed by atoms with E-state index < -0.39 is 0 Å². The van der Waals surface area contributed by atoms with Gasteiger partial charge in [0.1, 0.15) is 5.75 Å². The Morgan fingerprint density at radius 2 is 1.76 bits per heavy atom. The van der Waals surface area contributed by atoms with Gasteiger partial charge < -0.3 is 20.7 Å². The van der Waals surface area contributed by atoms with E-state index in [1.165, 1.54) is 0 Å². The molecule has 0 fully saturated rings. The van der Waals surface area contributed by atoms with Gasteiger partial charge in [0, 0.05) is 36.7 Å². The summed E-state index contributed by atoms with van der Waals surface area (Å²) in [4.78, 5) is 16.3. The van der Waals surface area contributed by atoms with E-state index in [9.17, 15) is 4.79 Å². The van der Waals surface area contributed by atoms with Crippen LogP contribution in [0.15, 0.2) is 58.0 Å². The van der Waals surface area contributed by atoms with Gasteiger partial charge in [-0.2, -0.15) is 0 Å². The molecule has 0 aliphatic carbocycles. The Balaban J connectivity index is 0.00000420. The summed E-state index contributed by atoms with van der Waals surface area (Å²) in [6, 6.07) is 15.3. The molecule has 6 nitrogen and oxygen atoms in total. The Hall–Kier alpha value is -1.81. The van der Waals surface area contributed by atoms with Gasteiger partial charge in [-0.15, -0.1) is 24.0 Å². The lowest BCUT2D eigenvalue weighted by Gasteiger charge is -2.13. The topological polar surface area (TPSA) is 74.8 Å². The SMILES string of the molecule is CN=C(NCCCNC(=O)c1cccc(Br)c1)NCCc1ccccc1OC.I. The van der Waals surface area contributed by atoms with Gasteiger partial charge >= 0.3 is 0 Å². The number of carbonyl (C=O) groups excluding carboxylic acids is 1. The molecule has 0 heterocycles. The summed E-state index contributed by atoms with van der Waals surface area (Å²) in [5.74, 6) is 1.57. The molecular weight excluding hydrogens is 547 g/mol. The maximum atomic E-state index is 12.1. The van der Waals surface area contributed by atoms with E-state index in [-0.39, 0.29) is 29.9 Å². The van der Waals surface area contributed by atoms with Gasteiger partial charge in [-0.1, -0.05) is 40.2 Å². The summed E-state index contributed by atoms with van der Waals surface area (Å²) >= 11 is 3.37. The molecule has 2 rings (SSSR count). The minimum Gasteiger partial charge on any atom is -0.496 e. The van der Waals surface area contributed by atoms with Crippen LogP contribution in [0.1, 0.15) is 22.3 Å². The molecule has 0 spiro atoms. The predicted octanol–water partition coefficient (Wildman–Crippen LogP) is 3.60. The number of para-hydroxylation sites is 1. The Labute approximate surface area is 198 Å². The Morgan fingerprint density at radius 1 is 1.03 bits per heavy atom. The van der Waals surface area contributed by atoms with Crippen LogP contribution in [-0.2, 0) is 6.42 Å². The molecule has 0 saturated carbocycles. The molecule has 0 bridgehead atoms. The number of carbonyl (C=O) groups is 1. The molecule has 0 atom stereocenters. The average molecular weight is 575 g/mol. The van der Waals surface area contributed by atoms with Crippen molar-refractivity contribution < 1.29 is 9.53 Å². The minimum atomic E-state index is -0.0689. The third-order valence-electron chi connectivity index (χ3n) is 4.12. The lowest BCUT2D eigenvalue weighted by Crippen LogP contribution is -2.39. The number of hydrogen-bond acceptors (Lipinski definition) is 3. The fraction of sp³-hybridized carbons (Fsp3) is 0.333. The van der Waals surface area contributed by atoms with Crippen molar-refractivity contribution in [2.24, 2.45) is 4.99 Å². The van der Waals surface area contributed by atoms with Crippen molar-refractivity contribution in [3.05, 3.63) is 64.1 Å². The number of hydrogen-bond donors (Lipinski definition) is 3. The zero-order chi connectivity index (χ0) is 20.2. The molecule has 0 aliphatic rings. The number of nitrogens with one attached hydrogen (secondary N) is 3. The smallest absolute Gasteiger partial charge is 0.251 e. The monoisotopic (exact) mass is 574 g/mol. The second kappa shape index (κ2) is 14.2. The number of guanidine groups is 1. The van der Waals surface area contributed by atoms with Crippen LogP contribution in [0.2, 0.25) is 0 Å². The first-order chi connectivity index (χ1) is 13.6. The number of halogens is 2. The Morgan fingerprint density at radius 3 is 2.48 bits per heavy atom. The highest BCUT2D eigenvalue weighted by atomic mass is 127. The molecule has 0 radical (unpaired) electrons. The first kappa shape index (κ1) is 25.2. The standard InChI is InChI=1S/C21H27BrN4O2.HI/c1-23-21(26-14-11-16-7-3-4-10-19(16)28-2)25-13-6-12-24-20(27)17-8-5-9-18(22)15-17;/h3-5,7-10,15H,6,11-14H2,1-2H3,(H,24,27)(H2,23,25,26);1H. The molecule has 1 amide bonds. The van der Waals surface area contributed by atoms with Gasteiger partial charge in [0.05, 0.1) is 7.11 Å². The maximum Gasteiger partial charge on any atom is 0.251 e. The lowest BCUT2D eigenvalue weighted by atomic mass is 10.1. The van der Waals surface area contributed by atoms with Crippen molar-refractivity contribution in [3.8, 4) is 5.75 Å². The maximum absolute atomic E-state index is 12.1.